The summed E-state index contributed by atoms with van der Waals surface area (Å²) in [6.07, 6.45) is 14.7. The van der Waals surface area contributed by atoms with E-state index < -0.39 is 0 Å². The number of ether oxygens (including phenoxy) is 1. The molecule has 0 aliphatic heterocycles. The first-order chi connectivity index (χ1) is 9.66. The van der Waals surface area contributed by atoms with Crippen LogP contribution >= 0.6 is 0 Å². The minimum atomic E-state index is -0.0189. The molecule has 0 radical (unpaired) electrons. The number of esters is 1. The summed E-state index contributed by atoms with van der Waals surface area (Å²) in [7, 11) is 0. The van der Waals surface area contributed by atoms with Crippen molar-refractivity contribution in [1.82, 2.24) is 6.15 Å². The maximum absolute atomic E-state index is 11.4. The molecule has 3 nitrogen and oxygen atoms in total. The van der Waals surface area contributed by atoms with Gasteiger partial charge in [0.2, 0.25) is 0 Å². The predicted molar refractivity (Wildman–Crippen MR) is 99.0 cm³/mol. The summed E-state index contributed by atoms with van der Waals surface area (Å²) in [5.74, 6) is 0.564. The molecule has 0 spiro atoms. The summed E-state index contributed by atoms with van der Waals surface area (Å²) >= 11 is 0. The number of hydrogen-bond donors (Lipinski definition) is 1. The SMILES string of the molecule is CCCCCCCCCCCCOC(=O)CCC(C)C.N.[NaH]. The van der Waals surface area contributed by atoms with Crippen LogP contribution in [0, 0.1) is 5.92 Å². The third-order valence-corrected chi connectivity index (χ3v) is 3.69. The Morgan fingerprint density at radius 3 is 1.77 bits per heavy atom. The van der Waals surface area contributed by atoms with E-state index in [1.54, 1.807) is 0 Å². The Hall–Kier alpha value is 0.430. The van der Waals surface area contributed by atoms with Crippen molar-refractivity contribution in [1.29, 1.82) is 0 Å². The van der Waals surface area contributed by atoms with Crippen LogP contribution < -0.4 is 6.15 Å². The molecule has 4 heteroatoms. The molecule has 0 aromatic rings. The second-order valence-electron chi connectivity index (χ2n) is 6.33. The maximum atomic E-state index is 11.4. The Morgan fingerprint density at radius 2 is 1.32 bits per heavy atom. The second-order valence-corrected chi connectivity index (χ2v) is 6.33. The second kappa shape index (κ2) is 21.4. The Morgan fingerprint density at radius 1 is 0.864 bits per heavy atom. The molecule has 0 rings (SSSR count). The van der Waals surface area contributed by atoms with E-state index in [0.717, 1.165) is 12.8 Å². The standard InChI is InChI=1S/C18H36O2.H3N.Na.H/c1-4-5-6-7-8-9-10-11-12-13-16-20-18(19)15-14-17(2)3;;;/h17H,4-16H2,1-3H3;1H3;;. The van der Waals surface area contributed by atoms with Gasteiger partial charge in [-0.2, -0.15) is 0 Å². The fourth-order valence-electron chi connectivity index (χ4n) is 2.25. The summed E-state index contributed by atoms with van der Waals surface area (Å²) in [5, 5.41) is 0. The van der Waals surface area contributed by atoms with Gasteiger partial charge >= 0.3 is 35.5 Å². The third-order valence-electron chi connectivity index (χ3n) is 3.69. The van der Waals surface area contributed by atoms with Crippen molar-refractivity contribution in [3.63, 3.8) is 0 Å². The van der Waals surface area contributed by atoms with Gasteiger partial charge in [-0.1, -0.05) is 78.6 Å². The molecule has 3 N–H and O–H groups in total. The molecule has 0 unspecified atom stereocenters. The van der Waals surface area contributed by atoms with Gasteiger partial charge in [0.15, 0.2) is 0 Å². The van der Waals surface area contributed by atoms with E-state index in [9.17, 15) is 4.79 Å². The van der Waals surface area contributed by atoms with E-state index in [-0.39, 0.29) is 41.7 Å². The molecule has 0 atom stereocenters. The fourth-order valence-corrected chi connectivity index (χ4v) is 2.25. The zero-order chi connectivity index (χ0) is 15.1. The molecule has 0 bridgehead atoms. The number of unbranched alkanes of at least 4 members (excludes halogenated alkanes) is 9. The topological polar surface area (TPSA) is 61.3 Å². The van der Waals surface area contributed by atoms with E-state index in [0.29, 0.717) is 18.9 Å². The van der Waals surface area contributed by atoms with E-state index in [2.05, 4.69) is 20.8 Å². The van der Waals surface area contributed by atoms with Crippen molar-refractivity contribution in [3.05, 3.63) is 0 Å². The van der Waals surface area contributed by atoms with E-state index in [4.69, 9.17) is 4.74 Å². The van der Waals surface area contributed by atoms with Gasteiger partial charge < -0.3 is 10.9 Å². The van der Waals surface area contributed by atoms with Crippen LogP contribution in [0.4, 0.5) is 0 Å². The molecule has 0 saturated heterocycles. The summed E-state index contributed by atoms with van der Waals surface area (Å²) < 4.78 is 5.23. The molecule has 0 saturated carbocycles. The quantitative estimate of drug-likeness (QED) is 0.264. The monoisotopic (exact) mass is 325 g/mol. The average Bonchev–Trinajstić information content (AvgIpc) is 2.42. The number of carbonyl (C=O) groups excluding carboxylic acids is 1. The Labute approximate surface area is 161 Å². The van der Waals surface area contributed by atoms with Gasteiger partial charge in [-0.15, -0.1) is 0 Å². The predicted octanol–water partition coefficient (Wildman–Crippen LogP) is 5.40. The molecule has 0 heterocycles. The Bertz CT molecular complexity index is 223. The first-order valence-corrected chi connectivity index (χ1v) is 8.82. The number of rotatable bonds is 14. The van der Waals surface area contributed by atoms with Crippen LogP contribution in [-0.2, 0) is 9.53 Å². The first-order valence-electron chi connectivity index (χ1n) is 8.82. The Balaban J connectivity index is -0.00000180. The van der Waals surface area contributed by atoms with Crippen molar-refractivity contribution in [2.45, 2.75) is 97.8 Å². The van der Waals surface area contributed by atoms with Crippen LogP contribution in [0.15, 0.2) is 0 Å². The molecule has 0 amide bonds. The molecule has 0 aromatic heterocycles. The van der Waals surface area contributed by atoms with Crippen LogP contribution in [0.5, 0.6) is 0 Å². The molecule has 22 heavy (non-hydrogen) atoms. The molecule has 0 aliphatic rings. The third kappa shape index (κ3) is 22.7. The van der Waals surface area contributed by atoms with Gasteiger partial charge in [0.1, 0.15) is 0 Å². The normalized spacial score (nSPS) is 10.0. The van der Waals surface area contributed by atoms with Gasteiger partial charge in [0.05, 0.1) is 6.61 Å². The molecule has 0 fully saturated rings. The first kappa shape index (κ1) is 27.3. The van der Waals surface area contributed by atoms with Gasteiger partial charge in [-0.3, -0.25) is 4.79 Å². The van der Waals surface area contributed by atoms with Gasteiger partial charge in [0.25, 0.3) is 0 Å². The van der Waals surface area contributed by atoms with Crippen LogP contribution in [-0.4, -0.2) is 42.1 Å². The van der Waals surface area contributed by atoms with Crippen molar-refractivity contribution >= 4 is 35.5 Å². The summed E-state index contributed by atoms with van der Waals surface area (Å²) in [4.78, 5) is 11.4. The summed E-state index contributed by atoms with van der Waals surface area (Å²) in [6, 6.07) is 0. The number of carbonyl (C=O) groups is 1. The van der Waals surface area contributed by atoms with Crippen LogP contribution in [0.3, 0.4) is 0 Å². The zero-order valence-corrected chi connectivity index (χ0v) is 14.8. The van der Waals surface area contributed by atoms with E-state index >= 15 is 0 Å². The molecule has 130 valence electrons. The van der Waals surface area contributed by atoms with Gasteiger partial charge in [-0.05, 0) is 18.8 Å². The van der Waals surface area contributed by atoms with Crippen molar-refractivity contribution in [3.8, 4) is 0 Å². The van der Waals surface area contributed by atoms with E-state index in [1.165, 1.54) is 57.8 Å². The average molecular weight is 326 g/mol. The molecule has 0 aliphatic carbocycles. The summed E-state index contributed by atoms with van der Waals surface area (Å²) in [6.45, 7) is 7.15. The van der Waals surface area contributed by atoms with Crippen LogP contribution in [0.25, 0.3) is 0 Å². The molecular formula is C18H40NNaO2. The van der Waals surface area contributed by atoms with Crippen molar-refractivity contribution in [2.24, 2.45) is 5.92 Å². The summed E-state index contributed by atoms with van der Waals surface area (Å²) in [5.41, 5.74) is 0. The Kier molecular flexibility index (Phi) is 26.6. The fraction of sp³-hybridized carbons (Fsp3) is 0.944. The van der Waals surface area contributed by atoms with Gasteiger partial charge in [0, 0.05) is 6.42 Å². The number of hydrogen-bond acceptors (Lipinski definition) is 3. The van der Waals surface area contributed by atoms with Crippen molar-refractivity contribution in [2.75, 3.05) is 6.61 Å². The van der Waals surface area contributed by atoms with Crippen LogP contribution in [0.2, 0.25) is 0 Å². The zero-order valence-electron chi connectivity index (χ0n) is 14.8. The molecular weight excluding hydrogens is 285 g/mol. The molecule has 0 aromatic carbocycles. The van der Waals surface area contributed by atoms with Crippen LogP contribution in [0.1, 0.15) is 97.8 Å². The van der Waals surface area contributed by atoms with E-state index in [1.807, 2.05) is 0 Å². The van der Waals surface area contributed by atoms with Crippen molar-refractivity contribution < 1.29 is 9.53 Å². The minimum absolute atomic E-state index is 0. The van der Waals surface area contributed by atoms with Gasteiger partial charge in [-0.25, -0.2) is 0 Å².